The fraction of sp³-hybridized carbons (Fsp3) is 0. The van der Waals surface area contributed by atoms with Gasteiger partial charge in [0, 0.05) is 24.8 Å². The van der Waals surface area contributed by atoms with Gasteiger partial charge >= 0.3 is 33.2 Å². The summed E-state index contributed by atoms with van der Waals surface area (Å²) in [6.45, 7) is 0. The summed E-state index contributed by atoms with van der Waals surface area (Å²) in [6.07, 6.45) is 7.13. The molecule has 4 nitrogen and oxygen atoms in total. The molecule has 0 aromatic carbocycles. The molecular formula is C20H14Cl2CoN4. The topological polar surface area (TPSA) is 51.6 Å². The normalized spacial score (nSPS) is 10.1. The number of rotatable bonds is 3. The molecule has 27 heavy (non-hydrogen) atoms. The Morgan fingerprint density at radius 1 is 0.593 bits per heavy atom. The summed E-state index contributed by atoms with van der Waals surface area (Å²) in [5.41, 5.74) is 5.47. The molecular weight excluding hydrogens is 426 g/mol. The molecule has 0 unspecified atom stereocenters. The van der Waals surface area contributed by atoms with Crippen molar-refractivity contribution < 1.29 is 12.9 Å². The Kier molecular flexibility index (Phi) is 7.30. The van der Waals surface area contributed by atoms with Crippen molar-refractivity contribution in [1.82, 2.24) is 19.9 Å². The van der Waals surface area contributed by atoms with Gasteiger partial charge in [0.15, 0.2) is 0 Å². The van der Waals surface area contributed by atoms with Crippen LogP contribution in [-0.4, -0.2) is 19.9 Å². The van der Waals surface area contributed by atoms with E-state index in [-0.39, 0.29) is 0 Å². The summed E-state index contributed by atoms with van der Waals surface area (Å²) in [6, 6.07) is 19.7. The van der Waals surface area contributed by atoms with Crippen LogP contribution in [0.4, 0.5) is 0 Å². The van der Waals surface area contributed by atoms with Gasteiger partial charge in [-0.2, -0.15) is 0 Å². The minimum absolute atomic E-state index is 0.382. The number of halogens is 2. The molecule has 0 amide bonds. The van der Waals surface area contributed by atoms with Crippen LogP contribution >= 0.6 is 20.3 Å². The van der Waals surface area contributed by atoms with E-state index >= 15 is 0 Å². The molecule has 0 spiro atoms. The van der Waals surface area contributed by atoms with Gasteiger partial charge in [-0.1, -0.05) is 12.1 Å². The van der Waals surface area contributed by atoms with Crippen LogP contribution in [0.1, 0.15) is 0 Å². The molecule has 7 heteroatoms. The first kappa shape index (κ1) is 19.4. The maximum Gasteiger partial charge on any atom is 0.0900 e. The zero-order valence-electron chi connectivity index (χ0n) is 14.0. The Morgan fingerprint density at radius 2 is 1.11 bits per heavy atom. The Bertz CT molecular complexity index is 831. The molecule has 0 saturated carbocycles. The van der Waals surface area contributed by atoms with Gasteiger partial charge in [-0.25, -0.2) is 4.98 Å². The Labute approximate surface area is 172 Å². The fourth-order valence-corrected chi connectivity index (χ4v) is 2.53. The van der Waals surface area contributed by atoms with Crippen molar-refractivity contribution in [3.05, 3.63) is 85.5 Å². The SMILES string of the molecule is [Cl][Co][Cl].c1ccc(-c2cc(-c3ccncc3)cc(-c3ccccn3)n2)nc1. The first-order valence-electron chi connectivity index (χ1n) is 7.91. The largest absolute Gasteiger partial charge is 0.265 e. The van der Waals surface area contributed by atoms with E-state index in [1.807, 2.05) is 60.7 Å². The van der Waals surface area contributed by atoms with E-state index in [2.05, 4.69) is 15.0 Å². The third-order valence-electron chi connectivity index (χ3n) is 3.69. The smallest absolute Gasteiger partial charge is 0.0900 e. The molecule has 4 rings (SSSR count). The zero-order chi connectivity index (χ0) is 18.9. The number of aromatic nitrogens is 4. The fourth-order valence-electron chi connectivity index (χ4n) is 2.53. The second-order valence-electron chi connectivity index (χ2n) is 5.34. The van der Waals surface area contributed by atoms with Crippen LogP contribution in [0.25, 0.3) is 33.9 Å². The molecule has 0 atom stereocenters. The van der Waals surface area contributed by atoms with Crippen molar-refractivity contribution in [3.63, 3.8) is 0 Å². The van der Waals surface area contributed by atoms with Crippen LogP contribution in [0.2, 0.25) is 0 Å². The minimum Gasteiger partial charge on any atom is -0.265 e. The van der Waals surface area contributed by atoms with Gasteiger partial charge in [-0.3, -0.25) is 15.0 Å². The molecule has 0 saturated heterocycles. The van der Waals surface area contributed by atoms with Crippen LogP contribution in [0, 0.1) is 0 Å². The summed E-state index contributed by atoms with van der Waals surface area (Å²) >= 11 is 0.382. The number of nitrogens with zero attached hydrogens (tertiary/aromatic N) is 4. The second kappa shape index (κ2) is 10.1. The van der Waals surface area contributed by atoms with Crippen molar-refractivity contribution >= 4 is 20.3 Å². The van der Waals surface area contributed by atoms with E-state index in [9.17, 15) is 0 Å². The maximum absolute atomic E-state index is 4.76. The molecule has 0 bridgehead atoms. The van der Waals surface area contributed by atoms with Gasteiger partial charge in [0.1, 0.15) is 0 Å². The standard InChI is InChI=1S/C20H14N4.2ClH.Co/c1-3-9-22-17(5-1)19-13-16(15-7-11-21-12-8-15)14-20(24-19)18-6-2-4-10-23-18;;;/h1-14H;2*1H;/q;;;+2/p-2. The summed E-state index contributed by atoms with van der Waals surface area (Å²) in [4.78, 5) is 17.7. The molecule has 4 aromatic rings. The molecule has 0 aliphatic heterocycles. The summed E-state index contributed by atoms with van der Waals surface area (Å²) in [5.74, 6) is 0. The van der Waals surface area contributed by atoms with Crippen molar-refractivity contribution in [2.75, 3.05) is 0 Å². The summed E-state index contributed by atoms with van der Waals surface area (Å²) in [7, 11) is 9.47. The Hall–Kier alpha value is -2.31. The number of hydrogen-bond donors (Lipinski definition) is 0. The summed E-state index contributed by atoms with van der Waals surface area (Å²) in [5, 5.41) is 0. The predicted octanol–water partition coefficient (Wildman–Crippen LogP) is 5.64. The average molecular weight is 440 g/mol. The molecule has 4 heterocycles. The molecule has 137 valence electrons. The molecule has 0 N–H and O–H groups in total. The van der Waals surface area contributed by atoms with E-state index in [4.69, 9.17) is 25.3 Å². The van der Waals surface area contributed by atoms with Crippen LogP contribution < -0.4 is 0 Å². The van der Waals surface area contributed by atoms with Crippen molar-refractivity contribution in [2.45, 2.75) is 0 Å². The maximum atomic E-state index is 4.76. The first-order chi connectivity index (χ1) is 13.3. The average Bonchev–Trinajstić information content (AvgIpc) is 2.76. The van der Waals surface area contributed by atoms with E-state index < -0.39 is 0 Å². The van der Waals surface area contributed by atoms with Gasteiger partial charge in [0.2, 0.25) is 0 Å². The van der Waals surface area contributed by atoms with E-state index in [1.54, 1.807) is 24.8 Å². The van der Waals surface area contributed by atoms with E-state index in [0.717, 1.165) is 33.9 Å². The van der Waals surface area contributed by atoms with Gasteiger partial charge < -0.3 is 0 Å². The number of hydrogen-bond acceptors (Lipinski definition) is 4. The van der Waals surface area contributed by atoms with Gasteiger partial charge in [-0.15, -0.1) is 0 Å². The van der Waals surface area contributed by atoms with E-state index in [1.165, 1.54) is 0 Å². The summed E-state index contributed by atoms with van der Waals surface area (Å²) < 4.78 is 0. The zero-order valence-corrected chi connectivity index (χ0v) is 16.5. The van der Waals surface area contributed by atoms with Gasteiger partial charge in [-0.05, 0) is 59.7 Å². The predicted molar refractivity (Wildman–Crippen MR) is 106 cm³/mol. The van der Waals surface area contributed by atoms with E-state index in [0.29, 0.717) is 12.9 Å². The first-order valence-corrected chi connectivity index (χ1v) is 10.8. The van der Waals surface area contributed by atoms with Crippen molar-refractivity contribution in [3.8, 4) is 33.9 Å². The third-order valence-corrected chi connectivity index (χ3v) is 3.69. The monoisotopic (exact) mass is 439 g/mol. The minimum atomic E-state index is 0.382. The molecule has 0 radical (unpaired) electrons. The quantitative estimate of drug-likeness (QED) is 0.414. The van der Waals surface area contributed by atoms with Gasteiger partial charge in [0.25, 0.3) is 0 Å². The number of pyridine rings is 4. The van der Waals surface area contributed by atoms with Crippen LogP contribution in [0.5, 0.6) is 0 Å². The van der Waals surface area contributed by atoms with Crippen LogP contribution in [-0.2, 0) is 12.9 Å². The molecule has 0 aliphatic carbocycles. The molecule has 0 aliphatic rings. The molecule has 4 aromatic heterocycles. The Balaban J connectivity index is 0.000000659. The van der Waals surface area contributed by atoms with Gasteiger partial charge in [0.05, 0.1) is 22.8 Å². The molecule has 0 fully saturated rings. The van der Waals surface area contributed by atoms with Crippen molar-refractivity contribution in [2.24, 2.45) is 0 Å². The second-order valence-corrected chi connectivity index (χ2v) is 7.06. The van der Waals surface area contributed by atoms with Crippen molar-refractivity contribution in [1.29, 1.82) is 0 Å². The van der Waals surface area contributed by atoms with Crippen LogP contribution in [0.15, 0.2) is 85.5 Å². The van der Waals surface area contributed by atoms with Crippen LogP contribution in [0.3, 0.4) is 0 Å². The third kappa shape index (κ3) is 5.34. The Morgan fingerprint density at radius 3 is 1.56 bits per heavy atom.